The van der Waals surface area contributed by atoms with Crippen molar-refractivity contribution >= 4 is 35.1 Å². The lowest BCUT2D eigenvalue weighted by atomic mass is 10.00. The van der Waals surface area contributed by atoms with Crippen LogP contribution in [0.4, 0.5) is 11.4 Å². The zero-order valence-corrected chi connectivity index (χ0v) is 28.7. The number of ether oxygens (including phenoxy) is 2. The van der Waals surface area contributed by atoms with Crippen LogP contribution in [0.25, 0.3) is 17.2 Å². The lowest BCUT2D eigenvalue weighted by Crippen LogP contribution is -2.26. The van der Waals surface area contributed by atoms with Gasteiger partial charge in [0.1, 0.15) is 12.4 Å². The predicted octanol–water partition coefficient (Wildman–Crippen LogP) is 8.49. The van der Waals surface area contributed by atoms with Gasteiger partial charge in [0.15, 0.2) is 0 Å². The zero-order valence-electron chi connectivity index (χ0n) is 27.9. The maximum absolute atomic E-state index is 13.5. The Hall–Kier alpha value is -4.08. The van der Waals surface area contributed by atoms with Crippen molar-refractivity contribution in [1.82, 2.24) is 14.5 Å². The Morgan fingerprint density at radius 2 is 1.74 bits per heavy atom. The maximum Gasteiger partial charge on any atom is 0.251 e. The van der Waals surface area contributed by atoms with Crippen molar-refractivity contribution < 1.29 is 14.3 Å². The second kappa shape index (κ2) is 17.7. The highest BCUT2D eigenvalue weighted by molar-refractivity contribution is 7.98. The number of hydrogen-bond acceptors (Lipinski definition) is 7. The third-order valence-corrected chi connectivity index (χ3v) is 9.06. The molecule has 0 unspecified atom stereocenters. The van der Waals surface area contributed by atoms with Crippen molar-refractivity contribution in [2.24, 2.45) is 0 Å². The van der Waals surface area contributed by atoms with Gasteiger partial charge in [-0.05, 0) is 84.8 Å². The van der Waals surface area contributed by atoms with Gasteiger partial charge in [0.05, 0.1) is 29.8 Å². The Kier molecular flexibility index (Phi) is 12.9. The van der Waals surface area contributed by atoms with Gasteiger partial charge in [-0.15, -0.1) is 11.8 Å². The molecule has 0 saturated carbocycles. The summed E-state index contributed by atoms with van der Waals surface area (Å²) in [6.07, 6.45) is 12.6. The molecular formula is C38H47N5O3S. The van der Waals surface area contributed by atoms with Gasteiger partial charge in [-0.3, -0.25) is 4.79 Å². The molecule has 0 aliphatic carbocycles. The average Bonchev–Trinajstić information content (AvgIpc) is 3.46. The van der Waals surface area contributed by atoms with Gasteiger partial charge in [0, 0.05) is 55.1 Å². The lowest BCUT2D eigenvalue weighted by molar-refractivity contribution is -0.112. The van der Waals surface area contributed by atoms with Crippen LogP contribution in [0.3, 0.4) is 0 Å². The Labute approximate surface area is 283 Å². The van der Waals surface area contributed by atoms with E-state index in [4.69, 9.17) is 9.47 Å². The van der Waals surface area contributed by atoms with Crippen molar-refractivity contribution in [2.75, 3.05) is 43.1 Å². The van der Waals surface area contributed by atoms with Crippen molar-refractivity contribution in [3.8, 4) is 16.9 Å². The standard InChI is InChI=1S/C38H47N5O3S/c1-4-7-20-45-21-22-46-35-12-8-29(9-13-35)30-10-14-36-32(23-30)24-31(16-19-42(36)17-5-2)38(44)41-33-11-15-37(40-25-33)47-27-34-26-39-28-43(34)18-6-3/h8-15,23-26,28H,4-7,16-22,27H2,1-3H3,(H,41,44). The number of anilines is 2. The molecule has 8 nitrogen and oxygen atoms in total. The van der Waals surface area contributed by atoms with Crippen LogP contribution in [0.15, 0.2) is 83.9 Å². The smallest absolute Gasteiger partial charge is 0.251 e. The predicted molar refractivity (Wildman–Crippen MR) is 193 cm³/mol. The van der Waals surface area contributed by atoms with Gasteiger partial charge in [-0.2, -0.15) is 0 Å². The molecule has 4 aromatic rings. The molecule has 0 saturated heterocycles. The number of unbranched alkanes of at least 4 members (excludes halogenated alkanes) is 1. The molecule has 1 amide bonds. The number of aromatic nitrogens is 3. The van der Waals surface area contributed by atoms with Crippen LogP contribution in [0.1, 0.15) is 64.1 Å². The van der Waals surface area contributed by atoms with Crippen LogP contribution in [-0.2, 0) is 21.8 Å². The molecule has 0 radical (unpaired) electrons. The van der Waals surface area contributed by atoms with Gasteiger partial charge >= 0.3 is 0 Å². The first-order chi connectivity index (χ1) is 23.1. The number of aryl methyl sites for hydroxylation is 1. The fraction of sp³-hybridized carbons (Fsp3) is 0.395. The number of nitrogens with zero attached hydrogens (tertiary/aromatic N) is 4. The topological polar surface area (TPSA) is 81.5 Å². The number of hydrogen-bond donors (Lipinski definition) is 1. The Bertz CT molecular complexity index is 1600. The van der Waals surface area contributed by atoms with E-state index in [1.165, 1.54) is 5.69 Å². The summed E-state index contributed by atoms with van der Waals surface area (Å²) in [7, 11) is 0. The monoisotopic (exact) mass is 653 g/mol. The number of benzene rings is 2. The number of carbonyl (C=O) groups excluding carboxylic acids is 1. The molecule has 9 heteroatoms. The molecule has 0 atom stereocenters. The van der Waals surface area contributed by atoms with Crippen molar-refractivity contribution in [3.63, 3.8) is 0 Å². The summed E-state index contributed by atoms with van der Waals surface area (Å²) < 4.78 is 13.7. The van der Waals surface area contributed by atoms with E-state index in [1.807, 2.05) is 36.8 Å². The molecule has 1 aliphatic heterocycles. The van der Waals surface area contributed by atoms with Gasteiger partial charge in [-0.25, -0.2) is 9.97 Å². The molecule has 248 valence electrons. The number of nitrogens with one attached hydrogen (secondary N) is 1. The van der Waals surface area contributed by atoms with Crippen LogP contribution < -0.4 is 15.0 Å². The minimum Gasteiger partial charge on any atom is -0.491 e. The normalized spacial score (nSPS) is 12.7. The zero-order chi connectivity index (χ0) is 32.8. The van der Waals surface area contributed by atoms with Gasteiger partial charge in [-0.1, -0.05) is 45.4 Å². The molecule has 3 heterocycles. The van der Waals surface area contributed by atoms with E-state index in [-0.39, 0.29) is 5.91 Å². The van der Waals surface area contributed by atoms with Crippen LogP contribution in [0, 0.1) is 0 Å². The van der Waals surface area contributed by atoms with Gasteiger partial charge in [0.25, 0.3) is 5.91 Å². The average molecular weight is 654 g/mol. The first-order valence-electron chi connectivity index (χ1n) is 16.9. The summed E-state index contributed by atoms with van der Waals surface area (Å²) in [4.78, 5) is 24.8. The second-order valence-electron chi connectivity index (χ2n) is 11.7. The van der Waals surface area contributed by atoms with Gasteiger partial charge < -0.3 is 24.3 Å². The lowest BCUT2D eigenvalue weighted by Gasteiger charge is -2.25. The van der Waals surface area contributed by atoms with E-state index < -0.39 is 0 Å². The van der Waals surface area contributed by atoms with Gasteiger partial charge in [0.2, 0.25) is 0 Å². The molecule has 1 aliphatic rings. The van der Waals surface area contributed by atoms with Crippen LogP contribution in [0.2, 0.25) is 0 Å². The third-order valence-electron chi connectivity index (χ3n) is 8.09. The van der Waals surface area contributed by atoms with Crippen LogP contribution >= 0.6 is 11.8 Å². The highest BCUT2D eigenvalue weighted by atomic mass is 32.2. The maximum atomic E-state index is 13.5. The first kappa shape index (κ1) is 34.3. The molecular weight excluding hydrogens is 607 g/mol. The van der Waals surface area contributed by atoms with Crippen molar-refractivity contribution in [2.45, 2.75) is 70.2 Å². The van der Waals surface area contributed by atoms with E-state index >= 15 is 0 Å². The van der Waals surface area contributed by atoms with E-state index in [9.17, 15) is 4.79 Å². The fourth-order valence-corrected chi connectivity index (χ4v) is 6.40. The summed E-state index contributed by atoms with van der Waals surface area (Å²) in [6.45, 7) is 11.1. The molecule has 0 fully saturated rings. The summed E-state index contributed by atoms with van der Waals surface area (Å²) in [5, 5.41) is 4.00. The van der Waals surface area contributed by atoms with Crippen LogP contribution in [-0.4, -0.2) is 53.4 Å². The van der Waals surface area contributed by atoms with Crippen LogP contribution in [0.5, 0.6) is 5.75 Å². The molecule has 2 aromatic heterocycles. The van der Waals surface area contributed by atoms with Crippen molar-refractivity contribution in [1.29, 1.82) is 0 Å². The number of imidazole rings is 1. The Morgan fingerprint density at radius 1 is 0.915 bits per heavy atom. The molecule has 47 heavy (non-hydrogen) atoms. The highest BCUT2D eigenvalue weighted by Crippen LogP contribution is 2.33. The number of pyridine rings is 1. The SMILES string of the molecule is CCCCOCCOc1ccc(-c2ccc3c(c2)C=C(C(=O)Nc2ccc(SCc4cncn4CCC)nc2)CCN3CCC)cc1. The van der Waals surface area contributed by atoms with E-state index in [0.717, 1.165) is 96.4 Å². The summed E-state index contributed by atoms with van der Waals surface area (Å²) in [5.74, 6) is 1.54. The summed E-state index contributed by atoms with van der Waals surface area (Å²) in [5.41, 5.74) is 7.04. The first-order valence-corrected chi connectivity index (χ1v) is 17.9. The van der Waals surface area contributed by atoms with Crippen molar-refractivity contribution in [3.05, 3.63) is 90.1 Å². The Morgan fingerprint density at radius 3 is 2.51 bits per heavy atom. The Balaban J connectivity index is 1.24. The molecule has 2 aromatic carbocycles. The quantitative estimate of drug-likeness (QED) is 0.0904. The van der Waals surface area contributed by atoms with E-state index in [0.29, 0.717) is 25.3 Å². The largest absolute Gasteiger partial charge is 0.491 e. The highest BCUT2D eigenvalue weighted by Gasteiger charge is 2.20. The molecule has 1 N–H and O–H groups in total. The number of amides is 1. The molecule has 0 spiro atoms. The number of rotatable bonds is 17. The van der Waals surface area contributed by atoms with E-state index in [2.05, 4.69) is 81.9 Å². The molecule has 0 bridgehead atoms. The number of carbonyl (C=O) groups is 1. The van der Waals surface area contributed by atoms with E-state index in [1.54, 1.807) is 18.0 Å². The number of fused-ring (bicyclic) bond motifs is 1. The second-order valence-corrected chi connectivity index (χ2v) is 12.7. The number of thioether (sulfide) groups is 1. The minimum atomic E-state index is -0.0921. The minimum absolute atomic E-state index is 0.0921. The fourth-order valence-electron chi connectivity index (χ4n) is 5.57. The summed E-state index contributed by atoms with van der Waals surface area (Å²) in [6, 6.07) is 18.6. The molecule has 5 rings (SSSR count). The summed E-state index contributed by atoms with van der Waals surface area (Å²) >= 11 is 1.67. The third kappa shape index (κ3) is 9.72.